The van der Waals surface area contributed by atoms with E-state index in [1.165, 1.54) is 10.9 Å². The maximum absolute atomic E-state index is 16.2. The first kappa shape index (κ1) is 26.8. The zero-order valence-electron chi connectivity index (χ0n) is 20.3. The molecule has 1 saturated heterocycles. The Morgan fingerprint density at radius 2 is 2.06 bits per heavy atom. The lowest BCUT2D eigenvalue weighted by Crippen LogP contribution is -2.37. The van der Waals surface area contributed by atoms with Crippen molar-refractivity contribution in [1.82, 2.24) is 19.5 Å². The molecule has 12 heteroatoms. The summed E-state index contributed by atoms with van der Waals surface area (Å²) < 4.78 is 41.9. The number of nitrogen functional groups attached to an aromatic ring is 1. The number of rotatable bonds is 12. The van der Waals surface area contributed by atoms with Crippen LogP contribution >= 0.6 is 7.60 Å². The average Bonchev–Trinajstić information content (AvgIpc) is 3.31. The number of anilines is 1. The quantitative estimate of drug-likeness (QED) is 0.368. The Balaban J connectivity index is 2.00. The maximum Gasteiger partial charge on any atom is 0.328 e. The lowest BCUT2D eigenvalue weighted by molar-refractivity contribution is -0.0649. The molecule has 0 amide bonds. The number of halogens is 1. The zero-order chi connectivity index (χ0) is 25.0. The number of hydrogen-bond donors (Lipinski definition) is 3. The molecule has 0 saturated carbocycles. The molecule has 0 radical (unpaired) electrons. The summed E-state index contributed by atoms with van der Waals surface area (Å²) in [6, 6.07) is 0. The zero-order valence-corrected chi connectivity index (χ0v) is 21.2. The minimum atomic E-state index is -3.84. The van der Waals surface area contributed by atoms with Crippen LogP contribution in [0.3, 0.4) is 0 Å². The molecule has 2 aromatic rings. The molecule has 192 valence electrons. The number of nitrogens with one attached hydrogen (secondary N) is 1. The molecule has 4 N–H and O–H groups in total. The Hall–Kier alpha value is -1.81. The number of nitrogens with two attached hydrogens (primary N) is 1. The van der Waals surface area contributed by atoms with Gasteiger partial charge in [0.05, 0.1) is 18.5 Å². The summed E-state index contributed by atoms with van der Waals surface area (Å²) in [5.74, 6) is -0.670. The van der Waals surface area contributed by atoms with E-state index in [2.05, 4.69) is 28.8 Å². The molecule has 3 rings (SSSR count). The van der Waals surface area contributed by atoms with Crippen LogP contribution in [0.1, 0.15) is 72.4 Å². The van der Waals surface area contributed by atoms with E-state index < -0.39 is 43.7 Å². The molecule has 0 bridgehead atoms. The molecule has 7 unspecified atom stereocenters. The number of unbranched alkanes of at least 4 members (excludes halogenated alkanes) is 1. The van der Waals surface area contributed by atoms with E-state index in [0.29, 0.717) is 6.42 Å². The van der Waals surface area contributed by atoms with Crippen LogP contribution in [0.4, 0.5) is 10.3 Å². The van der Waals surface area contributed by atoms with Crippen molar-refractivity contribution >= 4 is 24.7 Å². The molecule has 0 aromatic carbocycles. The Labute approximate surface area is 199 Å². The summed E-state index contributed by atoms with van der Waals surface area (Å²) in [6.07, 6.45) is 2.08. The van der Waals surface area contributed by atoms with Crippen molar-refractivity contribution in [3.63, 3.8) is 0 Å². The highest BCUT2D eigenvalue weighted by Crippen LogP contribution is 2.50. The van der Waals surface area contributed by atoms with Gasteiger partial charge >= 0.3 is 7.60 Å². The molecule has 7 atom stereocenters. The number of H-pyrrole nitrogens is 1. The topological polar surface area (TPSA) is 145 Å². The first-order valence-corrected chi connectivity index (χ1v) is 13.9. The monoisotopic (exact) mass is 501 g/mol. The fourth-order valence-corrected chi connectivity index (χ4v) is 6.33. The van der Waals surface area contributed by atoms with E-state index in [1.807, 2.05) is 0 Å². The van der Waals surface area contributed by atoms with Gasteiger partial charge in [0, 0.05) is 12.1 Å². The number of ether oxygens (including phenoxy) is 1. The van der Waals surface area contributed by atoms with Crippen molar-refractivity contribution in [1.29, 1.82) is 0 Å². The standard InChI is InChI=1S/C22H37FN5O5P/c1-5-8-10-14(9-6-2)15-16(23)21(32-18(15)13(4)33-34(30,31)11-7-3)28-12-25-17-19(28)26-22(24)27-20(17)29/h12-16,18,21H,5-11H2,1-4H3,(H,30,31)(H3,24,26,27,29). The fourth-order valence-electron chi connectivity index (χ4n) is 5.02. The second kappa shape index (κ2) is 11.3. The van der Waals surface area contributed by atoms with Gasteiger partial charge < -0.3 is 19.9 Å². The van der Waals surface area contributed by atoms with E-state index in [0.717, 1.165) is 32.1 Å². The van der Waals surface area contributed by atoms with Crippen LogP contribution in [0, 0.1) is 11.8 Å². The molecule has 1 fully saturated rings. The maximum atomic E-state index is 16.2. The molecule has 34 heavy (non-hydrogen) atoms. The first-order chi connectivity index (χ1) is 16.1. The molecule has 0 spiro atoms. The van der Waals surface area contributed by atoms with E-state index in [-0.39, 0.29) is 29.2 Å². The van der Waals surface area contributed by atoms with E-state index >= 15 is 4.39 Å². The lowest BCUT2D eigenvalue weighted by atomic mass is 9.78. The van der Waals surface area contributed by atoms with E-state index in [4.69, 9.17) is 15.0 Å². The summed E-state index contributed by atoms with van der Waals surface area (Å²) in [5, 5.41) is 0. The van der Waals surface area contributed by atoms with Gasteiger partial charge in [-0.05, 0) is 25.7 Å². The van der Waals surface area contributed by atoms with Crippen LogP contribution < -0.4 is 11.3 Å². The smallest absolute Gasteiger partial charge is 0.328 e. The third kappa shape index (κ3) is 5.70. The van der Waals surface area contributed by atoms with Crippen molar-refractivity contribution in [2.75, 3.05) is 11.9 Å². The molecule has 1 aliphatic rings. The van der Waals surface area contributed by atoms with Crippen LogP contribution in [0.15, 0.2) is 11.1 Å². The molecule has 0 aliphatic carbocycles. The summed E-state index contributed by atoms with van der Waals surface area (Å²) in [6.45, 7) is 7.60. The van der Waals surface area contributed by atoms with Gasteiger partial charge in [0.25, 0.3) is 5.56 Å². The number of imidazole rings is 1. The van der Waals surface area contributed by atoms with Crippen LogP contribution in [0.2, 0.25) is 0 Å². The Morgan fingerprint density at radius 3 is 2.71 bits per heavy atom. The number of hydrogen-bond acceptors (Lipinski definition) is 7. The first-order valence-electron chi connectivity index (χ1n) is 12.2. The van der Waals surface area contributed by atoms with Gasteiger partial charge in [0.2, 0.25) is 5.95 Å². The number of fused-ring (bicyclic) bond motifs is 1. The van der Waals surface area contributed by atoms with Crippen LogP contribution in [-0.4, -0.2) is 49.0 Å². The van der Waals surface area contributed by atoms with Gasteiger partial charge in [-0.3, -0.25) is 18.9 Å². The van der Waals surface area contributed by atoms with Crippen molar-refractivity contribution in [3.8, 4) is 0 Å². The third-order valence-corrected chi connectivity index (χ3v) is 8.15. The summed E-state index contributed by atoms with van der Waals surface area (Å²) >= 11 is 0. The van der Waals surface area contributed by atoms with Crippen molar-refractivity contribution in [2.24, 2.45) is 11.8 Å². The van der Waals surface area contributed by atoms with Gasteiger partial charge in [0.15, 0.2) is 23.6 Å². The number of alkyl halides is 1. The van der Waals surface area contributed by atoms with Gasteiger partial charge in [-0.15, -0.1) is 0 Å². The van der Waals surface area contributed by atoms with E-state index in [1.54, 1.807) is 13.8 Å². The highest BCUT2D eigenvalue weighted by Gasteiger charge is 2.52. The van der Waals surface area contributed by atoms with Crippen molar-refractivity contribution in [3.05, 3.63) is 16.7 Å². The van der Waals surface area contributed by atoms with Crippen LogP contribution in [0.25, 0.3) is 11.2 Å². The van der Waals surface area contributed by atoms with Crippen LogP contribution in [0.5, 0.6) is 0 Å². The average molecular weight is 502 g/mol. The number of aromatic amines is 1. The van der Waals surface area contributed by atoms with Crippen LogP contribution in [-0.2, 0) is 13.8 Å². The normalized spacial score (nSPS) is 26.5. The molecule has 1 aliphatic heterocycles. The molecule has 3 heterocycles. The van der Waals surface area contributed by atoms with Gasteiger partial charge in [-0.1, -0.05) is 46.5 Å². The Kier molecular flexibility index (Phi) is 8.89. The predicted molar refractivity (Wildman–Crippen MR) is 128 cm³/mol. The lowest BCUT2D eigenvalue weighted by Gasteiger charge is -2.32. The summed E-state index contributed by atoms with van der Waals surface area (Å²) in [7, 11) is -3.84. The highest BCUT2D eigenvalue weighted by atomic mass is 31.2. The highest BCUT2D eigenvalue weighted by molar-refractivity contribution is 7.52. The minimum absolute atomic E-state index is 0.00136. The molecule has 2 aromatic heterocycles. The second-order valence-corrected chi connectivity index (χ2v) is 11.1. The van der Waals surface area contributed by atoms with Gasteiger partial charge in [0.1, 0.15) is 0 Å². The molecular weight excluding hydrogens is 464 g/mol. The largest absolute Gasteiger partial charge is 0.369 e. The SMILES string of the molecule is CCCCC(CCC)C1C(F)C(n2cnc3c(=O)[nH]c(N)nc32)OC1C(C)OP(=O)(O)CCC. The Morgan fingerprint density at radius 1 is 1.32 bits per heavy atom. The fraction of sp³-hybridized carbons (Fsp3) is 0.773. The summed E-state index contributed by atoms with van der Waals surface area (Å²) in [5.41, 5.74) is 5.35. The summed E-state index contributed by atoms with van der Waals surface area (Å²) in [4.78, 5) is 33.1. The molecule has 10 nitrogen and oxygen atoms in total. The Bertz CT molecular complexity index is 1060. The van der Waals surface area contributed by atoms with Crippen molar-refractivity contribution < 1.29 is 23.1 Å². The molecular formula is C22H37FN5O5P. The minimum Gasteiger partial charge on any atom is -0.369 e. The number of aromatic nitrogens is 4. The van der Waals surface area contributed by atoms with Crippen molar-refractivity contribution in [2.45, 2.75) is 90.8 Å². The van der Waals surface area contributed by atoms with E-state index in [9.17, 15) is 14.3 Å². The second-order valence-electron chi connectivity index (χ2n) is 9.15. The van der Waals surface area contributed by atoms with Gasteiger partial charge in [-0.2, -0.15) is 4.98 Å². The predicted octanol–water partition coefficient (Wildman–Crippen LogP) is 4.16. The van der Waals surface area contributed by atoms with Gasteiger partial charge in [-0.25, -0.2) is 9.37 Å². The third-order valence-electron chi connectivity index (χ3n) is 6.47. The number of nitrogens with zero attached hydrogens (tertiary/aromatic N) is 3.